The van der Waals surface area contributed by atoms with Gasteiger partial charge in [-0.2, -0.15) is 5.26 Å². The standard InChI is InChI=1S/C17H17FN2O3/c1-9(2)22-17(21)14-10(3)23-16(20)13(8-19)15(14)11-4-6-12(18)7-5-11/h4-7,9,15H,20H2,1-3H3/t15-/m0/s1. The number of carbonyl (C=O) groups excluding carboxylic acids is 1. The Kier molecular flexibility index (Phi) is 4.70. The van der Waals surface area contributed by atoms with Gasteiger partial charge < -0.3 is 15.2 Å². The Hall–Kier alpha value is -2.81. The largest absolute Gasteiger partial charge is 0.459 e. The second-order valence-corrected chi connectivity index (χ2v) is 5.40. The van der Waals surface area contributed by atoms with Crippen LogP contribution in [0.25, 0.3) is 0 Å². The van der Waals surface area contributed by atoms with Crippen LogP contribution in [0, 0.1) is 17.1 Å². The molecule has 5 nitrogen and oxygen atoms in total. The molecule has 1 aromatic carbocycles. The molecule has 2 N–H and O–H groups in total. The molecule has 0 spiro atoms. The molecule has 0 bridgehead atoms. The third kappa shape index (κ3) is 3.34. The van der Waals surface area contributed by atoms with Gasteiger partial charge in [0, 0.05) is 0 Å². The molecule has 1 heterocycles. The molecule has 0 unspecified atom stereocenters. The summed E-state index contributed by atoms with van der Waals surface area (Å²) in [4.78, 5) is 12.4. The van der Waals surface area contributed by atoms with Crippen LogP contribution in [-0.4, -0.2) is 12.1 Å². The van der Waals surface area contributed by atoms with E-state index < -0.39 is 17.7 Å². The van der Waals surface area contributed by atoms with Crippen LogP contribution >= 0.6 is 0 Å². The van der Waals surface area contributed by atoms with Crippen molar-refractivity contribution >= 4 is 5.97 Å². The van der Waals surface area contributed by atoms with Crippen LogP contribution in [0.4, 0.5) is 4.39 Å². The number of hydrogen-bond acceptors (Lipinski definition) is 5. The molecule has 0 fully saturated rings. The normalized spacial score (nSPS) is 17.8. The highest BCUT2D eigenvalue weighted by molar-refractivity contribution is 5.92. The van der Waals surface area contributed by atoms with Crippen molar-refractivity contribution in [3.05, 3.63) is 58.4 Å². The van der Waals surface area contributed by atoms with E-state index in [1.807, 2.05) is 6.07 Å². The van der Waals surface area contributed by atoms with Gasteiger partial charge in [-0.1, -0.05) is 12.1 Å². The molecule has 1 aliphatic heterocycles. The van der Waals surface area contributed by atoms with Gasteiger partial charge in [0.25, 0.3) is 0 Å². The number of hydrogen-bond donors (Lipinski definition) is 1. The molecule has 0 aromatic heterocycles. The molecule has 0 amide bonds. The van der Waals surface area contributed by atoms with Gasteiger partial charge in [0.2, 0.25) is 5.88 Å². The molecule has 1 aliphatic rings. The minimum atomic E-state index is -0.749. The lowest BCUT2D eigenvalue weighted by atomic mass is 9.83. The first-order valence-corrected chi connectivity index (χ1v) is 7.10. The first-order valence-electron chi connectivity index (χ1n) is 7.10. The summed E-state index contributed by atoms with van der Waals surface area (Å²) < 4.78 is 23.7. The molecule has 0 radical (unpaired) electrons. The number of benzene rings is 1. The van der Waals surface area contributed by atoms with Crippen LogP contribution in [0.3, 0.4) is 0 Å². The number of nitrogens with zero attached hydrogens (tertiary/aromatic N) is 1. The number of esters is 1. The van der Waals surface area contributed by atoms with Crippen LogP contribution < -0.4 is 5.73 Å². The second-order valence-electron chi connectivity index (χ2n) is 5.40. The van der Waals surface area contributed by atoms with Gasteiger partial charge in [-0.05, 0) is 38.5 Å². The van der Waals surface area contributed by atoms with Gasteiger partial charge in [-0.25, -0.2) is 9.18 Å². The molecule has 2 rings (SSSR count). The van der Waals surface area contributed by atoms with Crippen molar-refractivity contribution in [2.45, 2.75) is 32.8 Å². The van der Waals surface area contributed by atoms with Gasteiger partial charge >= 0.3 is 5.97 Å². The zero-order valence-electron chi connectivity index (χ0n) is 13.1. The maximum Gasteiger partial charge on any atom is 0.338 e. The molecule has 0 saturated carbocycles. The average molecular weight is 316 g/mol. The van der Waals surface area contributed by atoms with Crippen molar-refractivity contribution in [1.82, 2.24) is 0 Å². The summed E-state index contributed by atoms with van der Waals surface area (Å²) in [5.74, 6) is -1.56. The zero-order chi connectivity index (χ0) is 17.1. The molecule has 120 valence electrons. The van der Waals surface area contributed by atoms with Crippen molar-refractivity contribution in [1.29, 1.82) is 5.26 Å². The van der Waals surface area contributed by atoms with Crippen molar-refractivity contribution in [3.63, 3.8) is 0 Å². The predicted molar refractivity (Wildman–Crippen MR) is 81.0 cm³/mol. The lowest BCUT2D eigenvalue weighted by Crippen LogP contribution is -2.26. The van der Waals surface area contributed by atoms with E-state index in [4.69, 9.17) is 15.2 Å². The van der Waals surface area contributed by atoms with Gasteiger partial charge in [0.05, 0.1) is 17.6 Å². The Morgan fingerprint density at radius 1 is 1.39 bits per heavy atom. The van der Waals surface area contributed by atoms with Crippen molar-refractivity contribution in [3.8, 4) is 6.07 Å². The smallest absolute Gasteiger partial charge is 0.338 e. The summed E-state index contributed by atoms with van der Waals surface area (Å²) in [7, 11) is 0. The summed E-state index contributed by atoms with van der Waals surface area (Å²) in [6.07, 6.45) is -0.328. The second kappa shape index (κ2) is 6.53. The number of ether oxygens (including phenoxy) is 2. The molecular weight excluding hydrogens is 299 g/mol. The number of halogens is 1. The van der Waals surface area contributed by atoms with Crippen molar-refractivity contribution in [2.24, 2.45) is 5.73 Å². The summed E-state index contributed by atoms with van der Waals surface area (Å²) in [5.41, 5.74) is 6.62. The Bertz CT molecular complexity index is 727. The minimum Gasteiger partial charge on any atom is -0.459 e. The van der Waals surface area contributed by atoms with Crippen LogP contribution in [0.1, 0.15) is 32.3 Å². The fraction of sp³-hybridized carbons (Fsp3) is 0.294. The third-order valence-electron chi connectivity index (χ3n) is 3.37. The number of rotatable bonds is 3. The van der Waals surface area contributed by atoms with Crippen LogP contribution in [0.2, 0.25) is 0 Å². The van der Waals surface area contributed by atoms with E-state index in [2.05, 4.69) is 0 Å². The third-order valence-corrected chi connectivity index (χ3v) is 3.37. The predicted octanol–water partition coefficient (Wildman–Crippen LogP) is 2.86. The first-order chi connectivity index (χ1) is 10.8. The highest BCUT2D eigenvalue weighted by Gasteiger charge is 2.36. The topological polar surface area (TPSA) is 85.3 Å². The number of carbonyl (C=O) groups is 1. The van der Waals surface area contributed by atoms with Crippen LogP contribution in [0.5, 0.6) is 0 Å². The van der Waals surface area contributed by atoms with Crippen molar-refractivity contribution in [2.75, 3.05) is 0 Å². The lowest BCUT2D eigenvalue weighted by molar-refractivity contribution is -0.143. The Morgan fingerprint density at radius 3 is 2.52 bits per heavy atom. The van der Waals surface area contributed by atoms with E-state index in [0.29, 0.717) is 5.56 Å². The Morgan fingerprint density at radius 2 is 2.00 bits per heavy atom. The maximum atomic E-state index is 13.2. The lowest BCUT2D eigenvalue weighted by Gasteiger charge is -2.27. The summed E-state index contributed by atoms with van der Waals surface area (Å²) in [5, 5.41) is 9.40. The number of nitriles is 1. The maximum absolute atomic E-state index is 13.2. The SMILES string of the molecule is CC1=C(C(=O)OC(C)C)[C@@H](c2ccc(F)cc2)C(C#N)=C(N)O1. The quantitative estimate of drug-likeness (QED) is 0.867. The molecule has 0 aliphatic carbocycles. The molecule has 23 heavy (non-hydrogen) atoms. The van der Waals surface area contributed by atoms with E-state index in [9.17, 15) is 14.4 Å². The van der Waals surface area contributed by atoms with E-state index in [1.54, 1.807) is 20.8 Å². The highest BCUT2D eigenvalue weighted by atomic mass is 19.1. The Labute approximate surface area is 133 Å². The fourth-order valence-corrected chi connectivity index (χ4v) is 2.41. The molecule has 1 atom stereocenters. The monoisotopic (exact) mass is 316 g/mol. The number of allylic oxidation sites excluding steroid dienone is 2. The highest BCUT2D eigenvalue weighted by Crippen LogP contribution is 2.39. The van der Waals surface area contributed by atoms with Gasteiger partial charge in [0.15, 0.2) is 0 Å². The summed E-state index contributed by atoms with van der Waals surface area (Å²) in [6.45, 7) is 5.02. The summed E-state index contributed by atoms with van der Waals surface area (Å²) in [6, 6.07) is 7.50. The van der Waals surface area contributed by atoms with Crippen LogP contribution in [-0.2, 0) is 14.3 Å². The molecule has 1 aromatic rings. The zero-order valence-corrected chi connectivity index (χ0v) is 13.1. The van der Waals surface area contributed by atoms with Gasteiger partial charge in [-0.15, -0.1) is 0 Å². The minimum absolute atomic E-state index is 0.0691. The first kappa shape index (κ1) is 16.6. The van der Waals surface area contributed by atoms with E-state index in [-0.39, 0.29) is 28.9 Å². The molecule has 6 heteroatoms. The van der Waals surface area contributed by atoms with Gasteiger partial charge in [-0.3, -0.25) is 0 Å². The van der Waals surface area contributed by atoms with Crippen LogP contribution in [0.15, 0.2) is 47.1 Å². The van der Waals surface area contributed by atoms with Crippen molar-refractivity contribution < 1.29 is 18.7 Å². The van der Waals surface area contributed by atoms with Gasteiger partial charge in [0.1, 0.15) is 23.2 Å². The molecule has 0 saturated heterocycles. The average Bonchev–Trinajstić information content (AvgIpc) is 2.46. The summed E-state index contributed by atoms with van der Waals surface area (Å²) >= 11 is 0. The fourth-order valence-electron chi connectivity index (χ4n) is 2.41. The Balaban J connectivity index is 2.57. The van der Waals surface area contributed by atoms with E-state index in [1.165, 1.54) is 24.3 Å². The van der Waals surface area contributed by atoms with E-state index in [0.717, 1.165) is 0 Å². The number of nitrogens with two attached hydrogens (primary N) is 1. The molecular formula is C17H17FN2O3. The van der Waals surface area contributed by atoms with E-state index >= 15 is 0 Å².